The van der Waals surface area contributed by atoms with Gasteiger partial charge in [0.25, 0.3) is 0 Å². The van der Waals surface area contributed by atoms with E-state index in [1.165, 1.54) is 19.6 Å². The number of rotatable bonds is 3. The van der Waals surface area contributed by atoms with Crippen molar-refractivity contribution in [2.75, 3.05) is 13.7 Å². The van der Waals surface area contributed by atoms with Crippen LogP contribution in [-0.4, -0.2) is 18.6 Å². The SMILES string of the molecule is COc1c(C2CCCCCN2)cccc1[N+](=O)[O-]. The van der Waals surface area contributed by atoms with Crippen LogP contribution in [0.2, 0.25) is 0 Å². The van der Waals surface area contributed by atoms with Crippen LogP contribution in [0.4, 0.5) is 5.69 Å². The lowest BCUT2D eigenvalue weighted by Crippen LogP contribution is -2.21. The fourth-order valence-electron chi connectivity index (χ4n) is 2.48. The number of ether oxygens (including phenoxy) is 1. The van der Waals surface area contributed by atoms with Crippen LogP contribution in [0.1, 0.15) is 37.3 Å². The van der Waals surface area contributed by atoms with Gasteiger partial charge < -0.3 is 10.1 Å². The summed E-state index contributed by atoms with van der Waals surface area (Å²) < 4.78 is 5.25. The molecular weight excluding hydrogens is 232 g/mol. The monoisotopic (exact) mass is 250 g/mol. The summed E-state index contributed by atoms with van der Waals surface area (Å²) in [4.78, 5) is 10.6. The molecule has 1 unspecified atom stereocenters. The molecule has 2 rings (SSSR count). The zero-order valence-corrected chi connectivity index (χ0v) is 10.5. The first kappa shape index (κ1) is 12.8. The fourth-order valence-corrected chi connectivity index (χ4v) is 2.48. The van der Waals surface area contributed by atoms with Crippen LogP contribution in [0.25, 0.3) is 0 Å². The second kappa shape index (κ2) is 5.82. The maximum atomic E-state index is 11.0. The van der Waals surface area contributed by atoms with Crippen LogP contribution in [0.5, 0.6) is 5.75 Å². The van der Waals surface area contributed by atoms with E-state index in [4.69, 9.17) is 4.74 Å². The molecular formula is C13H18N2O3. The van der Waals surface area contributed by atoms with Crippen LogP contribution < -0.4 is 10.1 Å². The summed E-state index contributed by atoms with van der Waals surface area (Å²) in [6.45, 7) is 0.955. The molecule has 1 aromatic rings. The molecule has 0 saturated carbocycles. The topological polar surface area (TPSA) is 64.4 Å². The van der Waals surface area contributed by atoms with E-state index < -0.39 is 0 Å². The third-order valence-corrected chi connectivity index (χ3v) is 3.36. The van der Waals surface area contributed by atoms with Crippen molar-refractivity contribution in [3.05, 3.63) is 33.9 Å². The number of nitrogens with zero attached hydrogens (tertiary/aromatic N) is 1. The zero-order chi connectivity index (χ0) is 13.0. The molecule has 1 N–H and O–H groups in total. The Kier molecular flexibility index (Phi) is 4.15. The number of hydrogen-bond acceptors (Lipinski definition) is 4. The molecule has 0 bridgehead atoms. The van der Waals surface area contributed by atoms with Crippen LogP contribution in [-0.2, 0) is 0 Å². The molecule has 0 spiro atoms. The van der Waals surface area contributed by atoms with Crippen LogP contribution in [0, 0.1) is 10.1 Å². The van der Waals surface area contributed by atoms with Gasteiger partial charge in [-0.1, -0.05) is 25.0 Å². The minimum Gasteiger partial charge on any atom is -0.490 e. The standard InChI is InChI=1S/C13H18N2O3/c1-18-13-10(6-5-8-12(13)15(16)17)11-7-3-2-4-9-14-11/h5-6,8,11,14H,2-4,7,9H2,1H3. The number of nitro benzene ring substituents is 1. The minimum absolute atomic E-state index is 0.0426. The van der Waals surface area contributed by atoms with E-state index in [-0.39, 0.29) is 16.7 Å². The fraction of sp³-hybridized carbons (Fsp3) is 0.538. The molecule has 5 heteroatoms. The van der Waals surface area contributed by atoms with Crippen molar-refractivity contribution in [2.24, 2.45) is 0 Å². The Morgan fingerprint density at radius 2 is 2.22 bits per heavy atom. The van der Waals surface area contributed by atoms with Gasteiger partial charge in [-0.3, -0.25) is 10.1 Å². The molecule has 1 heterocycles. The van der Waals surface area contributed by atoms with Crippen LogP contribution in [0.3, 0.4) is 0 Å². The van der Waals surface area contributed by atoms with Crippen molar-refractivity contribution in [1.82, 2.24) is 5.32 Å². The maximum absolute atomic E-state index is 11.0. The highest BCUT2D eigenvalue weighted by Crippen LogP contribution is 2.36. The third kappa shape index (κ3) is 2.61. The van der Waals surface area contributed by atoms with E-state index >= 15 is 0 Å². The summed E-state index contributed by atoms with van der Waals surface area (Å²) in [5.74, 6) is 0.391. The Balaban J connectivity index is 2.36. The number of hydrogen-bond donors (Lipinski definition) is 1. The lowest BCUT2D eigenvalue weighted by Gasteiger charge is -2.18. The smallest absolute Gasteiger partial charge is 0.311 e. The molecule has 0 aliphatic carbocycles. The summed E-state index contributed by atoms with van der Waals surface area (Å²) in [5, 5.41) is 14.4. The molecule has 1 saturated heterocycles. The molecule has 1 fully saturated rings. The molecule has 1 atom stereocenters. The Bertz CT molecular complexity index is 426. The minimum atomic E-state index is -0.390. The molecule has 1 aliphatic rings. The van der Waals surface area contributed by atoms with Crippen LogP contribution in [0.15, 0.2) is 18.2 Å². The van der Waals surface area contributed by atoms with E-state index in [1.54, 1.807) is 6.07 Å². The van der Waals surface area contributed by atoms with Gasteiger partial charge in [-0.2, -0.15) is 0 Å². The van der Waals surface area contributed by atoms with E-state index in [2.05, 4.69) is 5.32 Å². The molecule has 0 amide bonds. The number of nitro groups is 1. The summed E-state index contributed by atoms with van der Waals surface area (Å²) in [7, 11) is 1.49. The normalized spacial score (nSPS) is 20.2. The largest absolute Gasteiger partial charge is 0.490 e. The van der Waals surface area contributed by atoms with E-state index in [9.17, 15) is 10.1 Å². The molecule has 18 heavy (non-hydrogen) atoms. The predicted molar refractivity (Wildman–Crippen MR) is 68.9 cm³/mol. The van der Waals surface area contributed by atoms with Gasteiger partial charge in [-0.25, -0.2) is 0 Å². The highest BCUT2D eigenvalue weighted by molar-refractivity contribution is 5.52. The number of para-hydroxylation sites is 1. The number of benzene rings is 1. The zero-order valence-electron chi connectivity index (χ0n) is 10.5. The van der Waals surface area contributed by atoms with Gasteiger partial charge in [-0.05, 0) is 19.4 Å². The Morgan fingerprint density at radius 3 is 2.94 bits per heavy atom. The summed E-state index contributed by atoms with van der Waals surface area (Å²) in [6, 6.07) is 5.28. The first-order chi connectivity index (χ1) is 8.74. The number of nitrogens with one attached hydrogen (secondary N) is 1. The average Bonchev–Trinajstić information content (AvgIpc) is 2.66. The predicted octanol–water partition coefficient (Wildman–Crippen LogP) is 2.81. The van der Waals surface area contributed by atoms with Crippen molar-refractivity contribution in [3.8, 4) is 5.75 Å². The van der Waals surface area contributed by atoms with Gasteiger partial charge in [0.05, 0.1) is 12.0 Å². The highest BCUT2D eigenvalue weighted by atomic mass is 16.6. The third-order valence-electron chi connectivity index (χ3n) is 3.36. The van der Waals surface area contributed by atoms with Gasteiger partial charge in [0.1, 0.15) is 0 Å². The van der Waals surface area contributed by atoms with Crippen molar-refractivity contribution >= 4 is 5.69 Å². The summed E-state index contributed by atoms with van der Waals surface area (Å²) >= 11 is 0. The van der Waals surface area contributed by atoms with Gasteiger partial charge in [0, 0.05) is 17.7 Å². The average molecular weight is 250 g/mol. The Hall–Kier alpha value is -1.62. The second-order valence-electron chi connectivity index (χ2n) is 4.51. The first-order valence-corrected chi connectivity index (χ1v) is 6.28. The lowest BCUT2D eigenvalue weighted by molar-refractivity contribution is -0.385. The van der Waals surface area contributed by atoms with Gasteiger partial charge in [0.2, 0.25) is 5.75 Å². The van der Waals surface area contributed by atoms with E-state index in [0.29, 0.717) is 5.75 Å². The second-order valence-corrected chi connectivity index (χ2v) is 4.51. The quantitative estimate of drug-likeness (QED) is 0.661. The molecule has 0 radical (unpaired) electrons. The van der Waals surface area contributed by atoms with E-state index in [1.807, 2.05) is 6.07 Å². The van der Waals surface area contributed by atoms with Gasteiger partial charge >= 0.3 is 5.69 Å². The van der Waals surface area contributed by atoms with Gasteiger partial charge in [-0.15, -0.1) is 0 Å². The molecule has 1 aliphatic heterocycles. The Labute approximate surface area is 106 Å². The highest BCUT2D eigenvalue weighted by Gasteiger charge is 2.24. The van der Waals surface area contributed by atoms with Crippen molar-refractivity contribution in [2.45, 2.75) is 31.7 Å². The molecule has 5 nitrogen and oxygen atoms in total. The van der Waals surface area contributed by atoms with Crippen molar-refractivity contribution in [3.63, 3.8) is 0 Å². The number of methoxy groups -OCH3 is 1. The molecule has 1 aromatic carbocycles. The molecule has 98 valence electrons. The maximum Gasteiger partial charge on any atom is 0.311 e. The Morgan fingerprint density at radius 1 is 1.39 bits per heavy atom. The van der Waals surface area contributed by atoms with E-state index in [0.717, 1.165) is 31.4 Å². The van der Waals surface area contributed by atoms with Gasteiger partial charge in [0.15, 0.2) is 0 Å². The van der Waals surface area contributed by atoms with Crippen molar-refractivity contribution < 1.29 is 9.66 Å². The van der Waals surface area contributed by atoms with Crippen LogP contribution >= 0.6 is 0 Å². The van der Waals surface area contributed by atoms with Crippen molar-refractivity contribution in [1.29, 1.82) is 0 Å². The molecule has 0 aromatic heterocycles. The first-order valence-electron chi connectivity index (χ1n) is 6.28. The summed E-state index contributed by atoms with van der Waals surface area (Å²) in [5.41, 5.74) is 0.939. The lowest BCUT2D eigenvalue weighted by atomic mass is 10.0. The summed E-state index contributed by atoms with van der Waals surface area (Å²) in [6.07, 6.45) is 4.51.